The molecule has 0 spiro atoms. The molecule has 0 radical (unpaired) electrons. The molecule has 42 heavy (non-hydrogen) atoms. The molecular weight excluding hydrogens is 536 g/mol. The van der Waals surface area contributed by atoms with Crippen molar-refractivity contribution < 1.29 is 34.1 Å². The quantitative estimate of drug-likeness (QED) is 0.182. The molecule has 0 saturated heterocycles. The Labute approximate surface area is 250 Å². The van der Waals surface area contributed by atoms with Crippen molar-refractivity contribution in [2.24, 2.45) is 11.7 Å². The highest BCUT2D eigenvalue weighted by atomic mass is 16.6. The van der Waals surface area contributed by atoms with Gasteiger partial charge in [-0.05, 0) is 59.0 Å². The zero-order valence-corrected chi connectivity index (χ0v) is 25.3. The van der Waals surface area contributed by atoms with Gasteiger partial charge in [0.15, 0.2) is 0 Å². The number of aliphatic hydroxyl groups is 2. The van der Waals surface area contributed by atoms with Crippen LogP contribution in [0.3, 0.4) is 0 Å². The molecule has 5 atom stereocenters. The van der Waals surface area contributed by atoms with Crippen LogP contribution >= 0.6 is 0 Å². The number of cyclic esters (lactones) is 1. The van der Waals surface area contributed by atoms with Gasteiger partial charge in [0, 0.05) is 31.0 Å². The van der Waals surface area contributed by atoms with E-state index < -0.39 is 36.5 Å². The number of nitrogens with one attached hydrogen (secondary N) is 1. The molecule has 9 heteroatoms. The predicted molar refractivity (Wildman–Crippen MR) is 165 cm³/mol. The highest BCUT2D eigenvalue weighted by Gasteiger charge is 2.21. The fourth-order valence-corrected chi connectivity index (χ4v) is 4.20. The van der Waals surface area contributed by atoms with E-state index >= 15 is 0 Å². The Balaban J connectivity index is 3.08. The van der Waals surface area contributed by atoms with E-state index in [2.05, 4.69) is 11.9 Å². The summed E-state index contributed by atoms with van der Waals surface area (Å²) in [5.74, 6) is -0.706. The van der Waals surface area contributed by atoms with E-state index in [1.54, 1.807) is 25.3 Å². The van der Waals surface area contributed by atoms with Gasteiger partial charge < -0.3 is 30.7 Å². The molecule has 0 saturated carbocycles. The minimum atomic E-state index is -1.11. The van der Waals surface area contributed by atoms with Crippen LogP contribution in [0.4, 0.5) is 4.79 Å². The third kappa shape index (κ3) is 17.2. The van der Waals surface area contributed by atoms with Gasteiger partial charge in [0.25, 0.3) is 0 Å². The van der Waals surface area contributed by atoms with E-state index in [1.807, 2.05) is 45.1 Å². The van der Waals surface area contributed by atoms with E-state index in [4.69, 9.17) is 15.2 Å². The van der Waals surface area contributed by atoms with Gasteiger partial charge in [-0.1, -0.05) is 72.8 Å². The number of hydrogen-bond donors (Lipinski definition) is 4. The number of primary amides is 1. The molecule has 5 N–H and O–H groups in total. The first-order valence-electron chi connectivity index (χ1n) is 14.4. The molecule has 0 aliphatic carbocycles. The predicted octanol–water partition coefficient (Wildman–Crippen LogP) is 5.23. The molecule has 0 bridgehead atoms. The number of ether oxygens (including phenoxy) is 2. The average molecular weight is 585 g/mol. The van der Waals surface area contributed by atoms with Gasteiger partial charge >= 0.3 is 12.1 Å². The minimum absolute atomic E-state index is 0.126. The Kier molecular flexibility index (Phi) is 17.5. The molecule has 1 heterocycles. The monoisotopic (exact) mass is 584 g/mol. The van der Waals surface area contributed by atoms with Gasteiger partial charge in [0.1, 0.15) is 18.3 Å². The fourth-order valence-electron chi connectivity index (χ4n) is 4.20. The molecular formula is C33H48N2O7. The molecule has 0 fully saturated rings. The third-order valence-corrected chi connectivity index (χ3v) is 6.39. The first kappa shape index (κ1) is 36.3. The van der Waals surface area contributed by atoms with Crippen LogP contribution in [0.1, 0.15) is 72.6 Å². The smallest absolute Gasteiger partial charge is 0.404 e. The summed E-state index contributed by atoms with van der Waals surface area (Å²) < 4.78 is 10.9. The lowest BCUT2D eigenvalue weighted by atomic mass is 9.95. The highest BCUT2D eigenvalue weighted by Crippen LogP contribution is 2.21. The van der Waals surface area contributed by atoms with Crippen molar-refractivity contribution in [1.29, 1.82) is 0 Å². The third-order valence-electron chi connectivity index (χ3n) is 6.39. The number of carbonyl (C=O) groups excluding carboxylic acids is 3. The number of rotatable bonds is 7. The molecule has 232 valence electrons. The molecule has 1 aliphatic rings. The summed E-state index contributed by atoms with van der Waals surface area (Å²) in [6, 6.07) is 0. The lowest BCUT2D eigenvalue weighted by Gasteiger charge is -2.22. The number of allylic oxidation sites excluding steroid dienone is 6. The van der Waals surface area contributed by atoms with Crippen molar-refractivity contribution in [2.45, 2.75) is 97.1 Å². The van der Waals surface area contributed by atoms with E-state index in [0.717, 1.165) is 16.7 Å². The summed E-state index contributed by atoms with van der Waals surface area (Å²) in [6.07, 6.45) is 16.0. The topological polar surface area (TPSA) is 148 Å². The second-order valence-electron chi connectivity index (χ2n) is 10.8. The van der Waals surface area contributed by atoms with Crippen LogP contribution in [0.15, 0.2) is 84.2 Å². The lowest BCUT2D eigenvalue weighted by Crippen LogP contribution is -2.32. The molecule has 0 aromatic heterocycles. The molecule has 5 unspecified atom stereocenters. The molecule has 2 amide bonds. The maximum Gasteiger partial charge on any atom is 0.404 e. The fraction of sp³-hybridized carbons (Fsp3) is 0.485. The molecule has 0 aromatic rings. The molecule has 1 aliphatic heterocycles. The molecule has 0 aromatic carbocycles. The van der Waals surface area contributed by atoms with Crippen molar-refractivity contribution in [1.82, 2.24) is 5.32 Å². The summed E-state index contributed by atoms with van der Waals surface area (Å²) in [7, 11) is 0. The Bertz CT molecular complexity index is 1080. The van der Waals surface area contributed by atoms with Gasteiger partial charge in [-0.15, -0.1) is 0 Å². The van der Waals surface area contributed by atoms with Crippen LogP contribution in [0.25, 0.3) is 0 Å². The van der Waals surface area contributed by atoms with Gasteiger partial charge in [-0.3, -0.25) is 4.79 Å². The largest absolute Gasteiger partial charge is 0.458 e. The standard InChI is InChI=1S/C33H48N2O7/c1-23(2)20-31(38)35-19-18-25(4)21-26(5)30-22-24(3)12-8-6-10-14-29(42-33(34)40)28(37)17-16-27(36)13-9-7-11-15-32(39)41-30/h6,8,11-12,15-19,21,26-30,36-37H,1,7,9-10,13-14,20,22H2,2-5H3,(H2,34,40)(H,35,38)/b8-6+,15-11+,17-16+,19-18+,24-12+,25-21+. The maximum absolute atomic E-state index is 12.6. The number of carbonyl (C=O) groups is 3. The average Bonchev–Trinajstić information content (AvgIpc) is 2.89. The van der Waals surface area contributed by atoms with Crippen molar-refractivity contribution in [3.8, 4) is 0 Å². The lowest BCUT2D eigenvalue weighted by molar-refractivity contribution is -0.144. The van der Waals surface area contributed by atoms with Gasteiger partial charge in [0.2, 0.25) is 5.91 Å². The first-order chi connectivity index (χ1) is 19.9. The number of hydrogen-bond acceptors (Lipinski definition) is 7. The zero-order valence-electron chi connectivity index (χ0n) is 25.3. The van der Waals surface area contributed by atoms with Crippen molar-refractivity contribution in [3.63, 3.8) is 0 Å². The van der Waals surface area contributed by atoms with Crippen molar-refractivity contribution in [2.75, 3.05) is 0 Å². The first-order valence-corrected chi connectivity index (χ1v) is 14.4. The normalized spacial score (nSPS) is 27.9. The van der Waals surface area contributed by atoms with E-state index in [9.17, 15) is 24.6 Å². The van der Waals surface area contributed by atoms with Crippen LogP contribution in [-0.2, 0) is 19.1 Å². The van der Waals surface area contributed by atoms with Gasteiger partial charge in [-0.2, -0.15) is 0 Å². The SMILES string of the molecule is C=C(C)CC(=O)N/C=C/C(C)=C/C(C)C1C/C(C)=C/C=C/CCC(OC(N)=O)C(O)/C=C/C(O)CCC/C=C/C(=O)O1. The summed E-state index contributed by atoms with van der Waals surface area (Å²) in [5, 5.41) is 23.4. The van der Waals surface area contributed by atoms with Crippen LogP contribution in [0.5, 0.6) is 0 Å². The summed E-state index contributed by atoms with van der Waals surface area (Å²) in [4.78, 5) is 35.8. The number of amides is 2. The van der Waals surface area contributed by atoms with Gasteiger partial charge in [0.05, 0.1) is 6.10 Å². The Hall–Kier alpha value is -3.69. The zero-order chi connectivity index (χ0) is 31.5. The van der Waals surface area contributed by atoms with Crippen molar-refractivity contribution in [3.05, 3.63) is 84.2 Å². The van der Waals surface area contributed by atoms with Crippen LogP contribution in [0.2, 0.25) is 0 Å². The minimum Gasteiger partial charge on any atom is -0.458 e. The van der Waals surface area contributed by atoms with Crippen LogP contribution < -0.4 is 11.1 Å². The Morgan fingerprint density at radius 2 is 1.95 bits per heavy atom. The second kappa shape index (κ2) is 20.2. The maximum atomic E-state index is 12.6. The summed E-state index contributed by atoms with van der Waals surface area (Å²) in [6.45, 7) is 11.4. The van der Waals surface area contributed by atoms with Gasteiger partial charge in [-0.25, -0.2) is 9.59 Å². The Morgan fingerprint density at radius 1 is 1.21 bits per heavy atom. The highest BCUT2D eigenvalue weighted by molar-refractivity contribution is 5.82. The van der Waals surface area contributed by atoms with Crippen LogP contribution in [-0.4, -0.2) is 52.6 Å². The van der Waals surface area contributed by atoms with Crippen molar-refractivity contribution >= 4 is 18.0 Å². The second-order valence-corrected chi connectivity index (χ2v) is 10.8. The van der Waals surface area contributed by atoms with E-state index in [-0.39, 0.29) is 18.2 Å². The van der Waals surface area contributed by atoms with E-state index in [0.29, 0.717) is 38.5 Å². The Morgan fingerprint density at radius 3 is 2.64 bits per heavy atom. The number of aliphatic hydroxyl groups excluding tert-OH is 2. The van der Waals surface area contributed by atoms with E-state index in [1.165, 1.54) is 18.2 Å². The number of nitrogens with two attached hydrogens (primary N) is 1. The molecule has 1 rings (SSSR count). The summed E-state index contributed by atoms with van der Waals surface area (Å²) >= 11 is 0. The summed E-state index contributed by atoms with van der Waals surface area (Å²) in [5.41, 5.74) is 7.85. The molecule has 9 nitrogen and oxygen atoms in total. The van der Waals surface area contributed by atoms with Crippen LogP contribution in [0, 0.1) is 5.92 Å². The number of esters is 1.